The molecule has 0 aliphatic carbocycles. The number of halogens is 2. The van der Waals surface area contributed by atoms with Crippen molar-refractivity contribution in [3.63, 3.8) is 0 Å². The normalized spacial score (nSPS) is 14.2. The molecule has 3 heterocycles. The molecule has 2 N–H and O–H groups in total. The van der Waals surface area contributed by atoms with Crippen molar-refractivity contribution in [1.82, 2.24) is 14.9 Å². The van der Waals surface area contributed by atoms with Crippen LogP contribution in [0.3, 0.4) is 0 Å². The number of amides is 2. The number of pyridine rings is 1. The first-order valence-electron chi connectivity index (χ1n) is 8.60. The van der Waals surface area contributed by atoms with E-state index in [0.29, 0.717) is 45.9 Å². The smallest absolute Gasteiger partial charge is 0.323 e. The Balaban J connectivity index is 1.44. The molecule has 9 heteroatoms. The maximum atomic E-state index is 12.6. The Bertz CT molecular complexity index is 1080. The number of benzene rings is 1. The van der Waals surface area contributed by atoms with Crippen LogP contribution in [0.5, 0.6) is 0 Å². The van der Waals surface area contributed by atoms with Crippen molar-refractivity contribution in [3.8, 4) is 0 Å². The van der Waals surface area contributed by atoms with Crippen LogP contribution in [0.25, 0.3) is 15.8 Å². The summed E-state index contributed by atoms with van der Waals surface area (Å²) in [4.78, 5) is 23.0. The van der Waals surface area contributed by atoms with Crippen LogP contribution in [0.1, 0.15) is 17.7 Å². The van der Waals surface area contributed by atoms with Crippen molar-refractivity contribution in [2.45, 2.75) is 13.0 Å². The molecule has 0 saturated carbocycles. The van der Waals surface area contributed by atoms with Crippen molar-refractivity contribution >= 4 is 61.5 Å². The number of fused-ring (bicyclic) bond motifs is 1. The summed E-state index contributed by atoms with van der Waals surface area (Å²) in [7, 11) is 0. The van der Waals surface area contributed by atoms with E-state index < -0.39 is 0 Å². The molecule has 0 saturated heterocycles. The van der Waals surface area contributed by atoms with Crippen LogP contribution in [-0.2, 0) is 6.61 Å². The molecule has 0 atom stereocenters. The summed E-state index contributed by atoms with van der Waals surface area (Å²) in [5, 5.41) is 13.7. The summed E-state index contributed by atoms with van der Waals surface area (Å²) in [6.45, 7) is 0.907. The van der Waals surface area contributed by atoms with Gasteiger partial charge in [-0.1, -0.05) is 40.6 Å². The quantitative estimate of drug-likeness (QED) is 0.619. The van der Waals surface area contributed by atoms with E-state index in [1.54, 1.807) is 23.2 Å². The van der Waals surface area contributed by atoms with Gasteiger partial charge in [-0.05, 0) is 41.8 Å². The second-order valence-corrected chi connectivity index (χ2v) is 8.19. The van der Waals surface area contributed by atoms with E-state index in [1.807, 2.05) is 18.2 Å². The van der Waals surface area contributed by atoms with Gasteiger partial charge >= 0.3 is 6.03 Å². The molecule has 0 bridgehead atoms. The number of carbonyl (C=O) groups is 1. The van der Waals surface area contributed by atoms with E-state index in [2.05, 4.69) is 15.3 Å². The van der Waals surface area contributed by atoms with E-state index in [1.165, 1.54) is 11.3 Å². The van der Waals surface area contributed by atoms with Crippen molar-refractivity contribution in [1.29, 1.82) is 0 Å². The lowest BCUT2D eigenvalue weighted by Gasteiger charge is -2.26. The van der Waals surface area contributed by atoms with E-state index in [-0.39, 0.29) is 12.6 Å². The highest BCUT2D eigenvalue weighted by atomic mass is 35.5. The number of hydrogen-bond donors (Lipinski definition) is 2. The molecule has 1 aliphatic heterocycles. The number of thiazole rings is 1. The van der Waals surface area contributed by atoms with Crippen molar-refractivity contribution in [2.24, 2.45) is 0 Å². The molecule has 0 spiro atoms. The second kappa shape index (κ2) is 8.05. The molecular weight excluding hydrogens is 419 g/mol. The molecule has 2 amide bonds. The fraction of sp³-hybridized carbons (Fsp3) is 0.211. The summed E-state index contributed by atoms with van der Waals surface area (Å²) in [6.07, 6.45) is 4.21. The monoisotopic (exact) mass is 434 g/mol. The molecule has 144 valence electrons. The van der Waals surface area contributed by atoms with E-state index in [0.717, 1.165) is 15.8 Å². The Morgan fingerprint density at radius 3 is 2.89 bits per heavy atom. The van der Waals surface area contributed by atoms with Gasteiger partial charge in [0.05, 0.1) is 27.5 Å². The minimum Gasteiger partial charge on any atom is -0.392 e. The van der Waals surface area contributed by atoms with Gasteiger partial charge in [-0.3, -0.25) is 10.3 Å². The number of urea groups is 1. The summed E-state index contributed by atoms with van der Waals surface area (Å²) in [6, 6.07) is 6.95. The minimum absolute atomic E-state index is 0.0992. The third kappa shape index (κ3) is 3.98. The summed E-state index contributed by atoms with van der Waals surface area (Å²) >= 11 is 13.7. The van der Waals surface area contributed by atoms with Crippen LogP contribution < -0.4 is 5.32 Å². The fourth-order valence-electron chi connectivity index (χ4n) is 2.99. The van der Waals surface area contributed by atoms with Crippen LogP contribution in [0.4, 0.5) is 9.93 Å². The zero-order valence-electron chi connectivity index (χ0n) is 14.7. The van der Waals surface area contributed by atoms with E-state index in [4.69, 9.17) is 28.3 Å². The van der Waals surface area contributed by atoms with Crippen LogP contribution in [0.15, 0.2) is 36.5 Å². The number of aliphatic hydroxyl groups excluding tert-OH is 1. The summed E-state index contributed by atoms with van der Waals surface area (Å²) in [5.74, 6) is 0. The Labute approximate surface area is 175 Å². The number of anilines is 1. The lowest BCUT2D eigenvalue weighted by atomic mass is 10.0. The number of rotatable bonds is 3. The van der Waals surface area contributed by atoms with Gasteiger partial charge in [-0.2, -0.15) is 0 Å². The SMILES string of the molecule is O=C(Nc1nc2ccc(Cl)cc2s1)N1CC=C(c2ncc(CO)cc2Cl)CC1. The maximum Gasteiger partial charge on any atom is 0.323 e. The molecule has 28 heavy (non-hydrogen) atoms. The highest BCUT2D eigenvalue weighted by Crippen LogP contribution is 2.30. The Morgan fingerprint density at radius 2 is 2.18 bits per heavy atom. The molecule has 1 aromatic carbocycles. The number of aliphatic hydroxyl groups is 1. The lowest BCUT2D eigenvalue weighted by molar-refractivity contribution is 0.217. The molecule has 2 aromatic heterocycles. The average Bonchev–Trinajstić information content (AvgIpc) is 3.09. The molecule has 0 fully saturated rings. The Hall–Kier alpha value is -2.19. The predicted molar refractivity (Wildman–Crippen MR) is 113 cm³/mol. The number of nitrogens with zero attached hydrogens (tertiary/aromatic N) is 3. The predicted octanol–water partition coefficient (Wildman–Crippen LogP) is 4.81. The molecule has 1 aliphatic rings. The second-order valence-electron chi connectivity index (χ2n) is 6.32. The van der Waals surface area contributed by atoms with Crippen LogP contribution in [0.2, 0.25) is 10.0 Å². The van der Waals surface area contributed by atoms with Crippen molar-refractivity contribution in [2.75, 3.05) is 18.4 Å². The zero-order valence-corrected chi connectivity index (χ0v) is 17.0. The van der Waals surface area contributed by atoms with Crippen LogP contribution in [0, 0.1) is 0 Å². The molecule has 0 unspecified atom stereocenters. The number of hydrogen-bond acceptors (Lipinski definition) is 5. The third-order valence-electron chi connectivity index (χ3n) is 4.45. The van der Waals surface area contributed by atoms with Crippen molar-refractivity contribution in [3.05, 3.63) is 57.8 Å². The molecular formula is C19H16Cl2N4O2S. The van der Waals surface area contributed by atoms with Gasteiger partial charge in [0.25, 0.3) is 0 Å². The maximum absolute atomic E-state index is 12.6. The topological polar surface area (TPSA) is 78.4 Å². The van der Waals surface area contributed by atoms with Gasteiger partial charge in [0.2, 0.25) is 0 Å². The van der Waals surface area contributed by atoms with Gasteiger partial charge in [0, 0.05) is 24.3 Å². The zero-order chi connectivity index (χ0) is 19.7. The average molecular weight is 435 g/mol. The number of aromatic nitrogens is 2. The first-order chi connectivity index (χ1) is 13.5. The van der Waals surface area contributed by atoms with Gasteiger partial charge in [0.1, 0.15) is 0 Å². The van der Waals surface area contributed by atoms with E-state index >= 15 is 0 Å². The van der Waals surface area contributed by atoms with Crippen LogP contribution in [-0.4, -0.2) is 39.1 Å². The highest BCUT2D eigenvalue weighted by molar-refractivity contribution is 7.22. The largest absolute Gasteiger partial charge is 0.392 e. The van der Waals surface area contributed by atoms with Gasteiger partial charge < -0.3 is 10.0 Å². The molecule has 4 rings (SSSR count). The highest BCUT2D eigenvalue weighted by Gasteiger charge is 2.21. The lowest BCUT2D eigenvalue weighted by Crippen LogP contribution is -2.37. The first-order valence-corrected chi connectivity index (χ1v) is 10.2. The van der Waals surface area contributed by atoms with Gasteiger partial charge in [0.15, 0.2) is 5.13 Å². The minimum atomic E-state index is -0.199. The molecule has 3 aromatic rings. The van der Waals surface area contributed by atoms with Crippen LogP contribution >= 0.6 is 34.5 Å². The number of nitrogens with one attached hydrogen (secondary N) is 1. The first kappa shape index (κ1) is 19.1. The van der Waals surface area contributed by atoms with Crippen molar-refractivity contribution < 1.29 is 9.90 Å². The summed E-state index contributed by atoms with van der Waals surface area (Å²) < 4.78 is 0.927. The van der Waals surface area contributed by atoms with Gasteiger partial charge in [-0.15, -0.1) is 0 Å². The number of carbonyl (C=O) groups excluding carboxylic acids is 1. The molecule has 6 nitrogen and oxygen atoms in total. The van der Waals surface area contributed by atoms with E-state index in [9.17, 15) is 4.79 Å². The Morgan fingerprint density at radius 1 is 1.32 bits per heavy atom. The third-order valence-corrected chi connectivity index (χ3v) is 5.90. The standard InChI is InChI=1S/C19H16Cl2N4O2S/c20-13-1-2-15-16(8-13)28-18(23-15)24-19(27)25-5-3-12(4-6-25)17-14(21)7-11(10-26)9-22-17/h1-3,7-9,26H,4-6,10H2,(H,23,24,27). The molecule has 0 radical (unpaired) electrons. The Kier molecular flexibility index (Phi) is 5.50. The summed E-state index contributed by atoms with van der Waals surface area (Å²) in [5.41, 5.74) is 3.16. The fourth-order valence-corrected chi connectivity index (χ4v) is 4.43. The van der Waals surface area contributed by atoms with Gasteiger partial charge in [-0.25, -0.2) is 9.78 Å².